The average molecular weight is 488 g/mol. The van der Waals surface area contributed by atoms with Gasteiger partial charge in [0.1, 0.15) is 5.60 Å². The summed E-state index contributed by atoms with van der Waals surface area (Å²) in [6, 6.07) is 19.4. The van der Waals surface area contributed by atoms with Crippen LogP contribution in [0.1, 0.15) is 62.5 Å². The Labute approximate surface area is 204 Å². The summed E-state index contributed by atoms with van der Waals surface area (Å²) >= 11 is 0. The van der Waals surface area contributed by atoms with Crippen molar-refractivity contribution in [2.24, 2.45) is 5.92 Å². The summed E-state index contributed by atoms with van der Waals surface area (Å²) in [4.78, 5) is 11.1. The van der Waals surface area contributed by atoms with E-state index < -0.39 is 15.6 Å². The highest BCUT2D eigenvalue weighted by Gasteiger charge is 2.42. The Balaban J connectivity index is 1.54. The van der Waals surface area contributed by atoms with Crippen LogP contribution in [-0.4, -0.2) is 49.8 Å². The van der Waals surface area contributed by atoms with Gasteiger partial charge in [0.2, 0.25) is 10.0 Å². The number of rotatable bonds is 12. The van der Waals surface area contributed by atoms with E-state index in [2.05, 4.69) is 4.74 Å². The van der Waals surface area contributed by atoms with Crippen molar-refractivity contribution in [3.8, 4) is 0 Å². The van der Waals surface area contributed by atoms with Crippen molar-refractivity contribution in [1.29, 1.82) is 0 Å². The molecule has 0 aromatic heterocycles. The lowest BCUT2D eigenvalue weighted by Crippen LogP contribution is -2.46. The van der Waals surface area contributed by atoms with E-state index in [4.69, 9.17) is 0 Å². The van der Waals surface area contributed by atoms with E-state index in [0.717, 1.165) is 36.8 Å². The molecule has 0 atom stereocenters. The molecule has 0 spiro atoms. The lowest BCUT2D eigenvalue weighted by molar-refractivity contribution is -0.140. The van der Waals surface area contributed by atoms with Crippen molar-refractivity contribution < 1.29 is 23.1 Å². The summed E-state index contributed by atoms with van der Waals surface area (Å²) in [6.45, 7) is 0.849. The van der Waals surface area contributed by atoms with E-state index >= 15 is 0 Å². The van der Waals surface area contributed by atoms with Crippen molar-refractivity contribution in [3.05, 3.63) is 71.8 Å². The normalized spacial score (nSPS) is 15.8. The Kier molecular flexibility index (Phi) is 9.68. The fraction of sp³-hybridized carbons (Fsp3) is 0.519. The Hall–Kier alpha value is -2.22. The number of nitrogens with zero attached hydrogens (tertiary/aromatic N) is 1. The summed E-state index contributed by atoms with van der Waals surface area (Å²) in [6.07, 6.45) is 5.67. The molecule has 1 aliphatic heterocycles. The van der Waals surface area contributed by atoms with Crippen LogP contribution in [0.25, 0.3) is 0 Å². The predicted octanol–water partition coefficient (Wildman–Crippen LogP) is 4.48. The third-order valence-corrected chi connectivity index (χ3v) is 8.83. The first-order chi connectivity index (χ1) is 16.4. The highest BCUT2D eigenvalue weighted by atomic mass is 32.2. The minimum atomic E-state index is -3.31. The first-order valence-corrected chi connectivity index (χ1v) is 13.9. The minimum absolute atomic E-state index is 0.0708. The van der Waals surface area contributed by atoms with Gasteiger partial charge >= 0.3 is 5.97 Å². The molecule has 7 heteroatoms. The smallest absolute Gasteiger partial charge is 0.305 e. The lowest BCUT2D eigenvalue weighted by Gasteiger charge is -2.42. The minimum Gasteiger partial charge on any atom is -0.469 e. The van der Waals surface area contributed by atoms with Gasteiger partial charge in [0.05, 0.1) is 12.9 Å². The van der Waals surface area contributed by atoms with Crippen LogP contribution in [0.2, 0.25) is 0 Å². The molecule has 1 heterocycles. The molecule has 1 fully saturated rings. The number of sulfonamides is 1. The molecule has 0 aliphatic carbocycles. The molecule has 6 nitrogen and oxygen atoms in total. The van der Waals surface area contributed by atoms with Gasteiger partial charge in [-0.15, -0.1) is 0 Å². The van der Waals surface area contributed by atoms with Gasteiger partial charge in [0, 0.05) is 19.5 Å². The molecule has 2 aromatic carbocycles. The summed E-state index contributed by atoms with van der Waals surface area (Å²) in [5.74, 6) is -0.119. The van der Waals surface area contributed by atoms with E-state index in [9.17, 15) is 18.3 Å². The molecule has 1 aliphatic rings. The van der Waals surface area contributed by atoms with Crippen LogP contribution in [0.15, 0.2) is 60.7 Å². The second-order valence-electron chi connectivity index (χ2n) is 9.08. The lowest BCUT2D eigenvalue weighted by atomic mass is 9.72. The summed E-state index contributed by atoms with van der Waals surface area (Å²) < 4.78 is 32.0. The summed E-state index contributed by atoms with van der Waals surface area (Å²) in [5.41, 5.74) is 0.534. The molecule has 0 bridgehead atoms. The predicted molar refractivity (Wildman–Crippen MR) is 134 cm³/mol. The maximum atomic E-state index is 12.9. The number of carbonyl (C=O) groups excluding carboxylic acids is 1. The molecular formula is C27H37NO5S. The van der Waals surface area contributed by atoms with Crippen molar-refractivity contribution in [2.45, 2.75) is 57.0 Å². The number of piperidine rings is 1. The van der Waals surface area contributed by atoms with Gasteiger partial charge in [-0.25, -0.2) is 12.7 Å². The number of ether oxygens (including phenoxy) is 1. The molecule has 2 aromatic rings. The molecule has 0 saturated carbocycles. The second-order valence-corrected chi connectivity index (χ2v) is 11.2. The van der Waals surface area contributed by atoms with Crippen LogP contribution in [0.3, 0.4) is 0 Å². The van der Waals surface area contributed by atoms with Crippen molar-refractivity contribution in [2.75, 3.05) is 26.0 Å². The van der Waals surface area contributed by atoms with Gasteiger partial charge in [-0.1, -0.05) is 79.9 Å². The van der Waals surface area contributed by atoms with Gasteiger partial charge in [-0.05, 0) is 42.7 Å². The molecule has 1 saturated heterocycles. The quantitative estimate of drug-likeness (QED) is 0.353. The molecule has 34 heavy (non-hydrogen) atoms. The third kappa shape index (κ3) is 6.68. The maximum Gasteiger partial charge on any atom is 0.305 e. The number of aliphatic hydroxyl groups is 1. The maximum absolute atomic E-state index is 12.9. The number of hydrogen-bond donors (Lipinski definition) is 1. The van der Waals surface area contributed by atoms with Crippen LogP contribution in [0.4, 0.5) is 0 Å². The third-order valence-electron chi connectivity index (χ3n) is 6.88. The second kappa shape index (κ2) is 12.5. The highest BCUT2D eigenvalue weighted by molar-refractivity contribution is 7.89. The number of unbranched alkanes of at least 4 members (excludes halogenated alkanes) is 4. The number of esters is 1. The molecule has 0 unspecified atom stereocenters. The van der Waals surface area contributed by atoms with E-state index in [1.54, 1.807) is 4.31 Å². The van der Waals surface area contributed by atoms with Gasteiger partial charge in [-0.2, -0.15) is 0 Å². The first-order valence-electron chi connectivity index (χ1n) is 12.3. The zero-order chi connectivity index (χ0) is 24.4. The van der Waals surface area contributed by atoms with Crippen LogP contribution in [0, 0.1) is 5.92 Å². The number of benzene rings is 2. The van der Waals surface area contributed by atoms with Gasteiger partial charge in [0.15, 0.2) is 0 Å². The molecular weight excluding hydrogens is 450 g/mol. The molecule has 0 radical (unpaired) electrons. The van der Waals surface area contributed by atoms with Crippen molar-refractivity contribution >= 4 is 16.0 Å². The van der Waals surface area contributed by atoms with Crippen LogP contribution in [0.5, 0.6) is 0 Å². The van der Waals surface area contributed by atoms with Gasteiger partial charge in [-0.3, -0.25) is 4.79 Å². The monoisotopic (exact) mass is 487 g/mol. The zero-order valence-electron chi connectivity index (χ0n) is 20.1. The molecule has 1 N–H and O–H groups in total. The van der Waals surface area contributed by atoms with E-state index in [1.807, 2.05) is 60.7 Å². The molecule has 186 valence electrons. The SMILES string of the molecule is COC(=O)CCCCCCCS(=O)(=O)N1CCC(C(O)(c2ccccc2)c2ccccc2)CC1. The number of methoxy groups -OCH3 is 1. The summed E-state index contributed by atoms with van der Waals surface area (Å²) in [5, 5.41) is 12.0. The van der Waals surface area contributed by atoms with Crippen LogP contribution < -0.4 is 0 Å². The zero-order valence-corrected chi connectivity index (χ0v) is 20.9. The Morgan fingerprint density at radius 2 is 1.41 bits per heavy atom. The Bertz CT molecular complexity index is 947. The van der Waals surface area contributed by atoms with Crippen LogP contribution >= 0.6 is 0 Å². The van der Waals surface area contributed by atoms with Gasteiger partial charge < -0.3 is 9.84 Å². The Morgan fingerprint density at radius 3 is 1.94 bits per heavy atom. The van der Waals surface area contributed by atoms with E-state index in [0.29, 0.717) is 38.8 Å². The fourth-order valence-electron chi connectivity index (χ4n) is 4.89. The van der Waals surface area contributed by atoms with Crippen LogP contribution in [-0.2, 0) is 25.2 Å². The largest absolute Gasteiger partial charge is 0.469 e. The fourth-order valence-corrected chi connectivity index (χ4v) is 6.48. The summed E-state index contributed by atoms with van der Waals surface area (Å²) in [7, 11) is -1.93. The highest BCUT2D eigenvalue weighted by Crippen LogP contribution is 2.42. The van der Waals surface area contributed by atoms with E-state index in [1.165, 1.54) is 7.11 Å². The van der Waals surface area contributed by atoms with Crippen molar-refractivity contribution in [1.82, 2.24) is 4.31 Å². The molecule has 3 rings (SSSR count). The average Bonchev–Trinajstić information content (AvgIpc) is 2.88. The van der Waals surface area contributed by atoms with E-state index in [-0.39, 0.29) is 17.6 Å². The number of hydrogen-bond acceptors (Lipinski definition) is 5. The molecule has 0 amide bonds. The van der Waals surface area contributed by atoms with Crippen molar-refractivity contribution in [3.63, 3.8) is 0 Å². The Morgan fingerprint density at radius 1 is 0.912 bits per heavy atom. The first kappa shape index (κ1) is 26.4. The standard InChI is InChI=1S/C27H37NO5S/c1-33-26(29)17-11-3-2-4-12-22-34(31,32)28-20-18-25(19-21-28)27(30,23-13-7-5-8-14-23)24-15-9-6-10-16-24/h5-10,13-16,25,30H,2-4,11-12,17-22H2,1H3. The van der Waals surface area contributed by atoms with Gasteiger partial charge in [0.25, 0.3) is 0 Å². The topological polar surface area (TPSA) is 83.9 Å². The number of carbonyl (C=O) groups is 1.